The largest absolute Gasteiger partial charge is 0.365 e. The van der Waals surface area contributed by atoms with E-state index in [9.17, 15) is 0 Å². The third-order valence-corrected chi connectivity index (χ3v) is 4.36. The second-order valence-corrected chi connectivity index (χ2v) is 5.57. The minimum absolute atomic E-state index is 0. The van der Waals surface area contributed by atoms with Crippen LogP contribution in [0.5, 0.6) is 0 Å². The molecule has 0 amide bonds. The van der Waals surface area contributed by atoms with Crippen molar-refractivity contribution in [2.75, 3.05) is 18.4 Å². The van der Waals surface area contributed by atoms with Crippen molar-refractivity contribution in [3.8, 4) is 0 Å². The predicted octanol–water partition coefficient (Wildman–Crippen LogP) is 2.94. The Morgan fingerprint density at radius 3 is 2.74 bits per heavy atom. The van der Waals surface area contributed by atoms with Crippen LogP contribution in [-0.4, -0.2) is 24.1 Å². The predicted molar refractivity (Wildman–Crippen MR) is 81.3 cm³/mol. The van der Waals surface area contributed by atoms with Crippen LogP contribution in [0.15, 0.2) is 30.3 Å². The summed E-state index contributed by atoms with van der Waals surface area (Å²) in [6, 6.07) is 10.6. The minimum Gasteiger partial charge on any atom is -0.365 e. The summed E-state index contributed by atoms with van der Waals surface area (Å²) >= 11 is 6.29. The first-order valence-electron chi connectivity index (χ1n) is 6.35. The van der Waals surface area contributed by atoms with Gasteiger partial charge in [-0.2, -0.15) is 0 Å². The summed E-state index contributed by atoms with van der Waals surface area (Å²) in [7, 11) is 0. The Morgan fingerprint density at radius 2 is 1.95 bits per heavy atom. The molecule has 2 fully saturated rings. The van der Waals surface area contributed by atoms with Gasteiger partial charge in [0, 0.05) is 24.5 Å². The summed E-state index contributed by atoms with van der Waals surface area (Å²) in [6.07, 6.45) is 0. The SMILES string of the molecule is Cl.Clc1cc2ccccc2nc1NC1[C@H]2CNC[C@@H]12. The number of para-hydroxylation sites is 1. The molecule has 2 aromatic rings. The van der Waals surface area contributed by atoms with E-state index in [2.05, 4.69) is 15.6 Å². The van der Waals surface area contributed by atoms with Crippen LogP contribution >= 0.6 is 24.0 Å². The van der Waals surface area contributed by atoms with E-state index in [0.717, 1.165) is 41.6 Å². The van der Waals surface area contributed by atoms with E-state index >= 15 is 0 Å². The number of pyridine rings is 1. The maximum atomic E-state index is 6.29. The second-order valence-electron chi connectivity index (χ2n) is 5.17. The molecule has 3 nitrogen and oxygen atoms in total. The van der Waals surface area contributed by atoms with Crippen LogP contribution in [0.4, 0.5) is 5.82 Å². The van der Waals surface area contributed by atoms with Gasteiger partial charge >= 0.3 is 0 Å². The Morgan fingerprint density at radius 1 is 1.21 bits per heavy atom. The number of aromatic nitrogens is 1. The number of nitrogens with one attached hydrogen (secondary N) is 2. The molecule has 3 atom stereocenters. The number of hydrogen-bond acceptors (Lipinski definition) is 3. The lowest BCUT2D eigenvalue weighted by Gasteiger charge is -2.10. The number of rotatable bonds is 2. The van der Waals surface area contributed by atoms with E-state index in [1.807, 2.05) is 30.3 Å². The summed E-state index contributed by atoms with van der Waals surface area (Å²) in [6.45, 7) is 2.24. The van der Waals surface area contributed by atoms with E-state index in [-0.39, 0.29) is 12.4 Å². The van der Waals surface area contributed by atoms with E-state index in [4.69, 9.17) is 11.6 Å². The molecule has 1 aliphatic carbocycles. The fourth-order valence-electron chi connectivity index (χ4n) is 2.98. The highest BCUT2D eigenvalue weighted by Crippen LogP contribution is 2.44. The van der Waals surface area contributed by atoms with E-state index in [0.29, 0.717) is 11.1 Å². The molecule has 1 aliphatic heterocycles. The molecule has 0 bridgehead atoms. The van der Waals surface area contributed by atoms with Crippen molar-refractivity contribution < 1.29 is 0 Å². The zero-order valence-corrected chi connectivity index (χ0v) is 11.8. The third kappa shape index (κ3) is 2.16. The molecule has 19 heavy (non-hydrogen) atoms. The molecule has 5 heteroatoms. The Balaban J connectivity index is 0.00000110. The molecule has 2 N–H and O–H groups in total. The molecular formula is C14H15Cl2N3. The van der Waals surface area contributed by atoms with Crippen molar-refractivity contribution in [2.45, 2.75) is 6.04 Å². The van der Waals surface area contributed by atoms with E-state index in [1.165, 1.54) is 0 Å². The van der Waals surface area contributed by atoms with Crippen LogP contribution in [0.1, 0.15) is 0 Å². The normalized spacial score (nSPS) is 27.7. The Hall–Kier alpha value is -1.03. The first-order valence-corrected chi connectivity index (χ1v) is 6.73. The topological polar surface area (TPSA) is 37.0 Å². The number of halogens is 2. The molecule has 2 heterocycles. The molecule has 1 saturated heterocycles. The molecule has 2 aliphatic rings. The first kappa shape index (κ1) is 13.0. The van der Waals surface area contributed by atoms with Crippen LogP contribution in [0.3, 0.4) is 0 Å². The van der Waals surface area contributed by atoms with Gasteiger partial charge in [0.1, 0.15) is 5.82 Å². The third-order valence-electron chi connectivity index (χ3n) is 4.07. The average Bonchev–Trinajstić information content (AvgIpc) is 2.83. The fourth-order valence-corrected chi connectivity index (χ4v) is 3.20. The number of piperidine rings is 1. The van der Waals surface area contributed by atoms with Crippen molar-refractivity contribution in [3.05, 3.63) is 35.4 Å². The van der Waals surface area contributed by atoms with Crippen molar-refractivity contribution in [3.63, 3.8) is 0 Å². The van der Waals surface area contributed by atoms with Gasteiger partial charge in [-0.1, -0.05) is 29.8 Å². The molecular weight excluding hydrogens is 281 g/mol. The van der Waals surface area contributed by atoms with Crippen molar-refractivity contribution in [1.29, 1.82) is 0 Å². The summed E-state index contributed by atoms with van der Waals surface area (Å²) < 4.78 is 0. The van der Waals surface area contributed by atoms with Crippen LogP contribution in [-0.2, 0) is 0 Å². The van der Waals surface area contributed by atoms with Crippen molar-refractivity contribution in [1.82, 2.24) is 10.3 Å². The first-order chi connectivity index (χ1) is 8.83. The van der Waals surface area contributed by atoms with Crippen LogP contribution in [0.25, 0.3) is 10.9 Å². The standard InChI is InChI=1S/C14H14ClN3.ClH/c15-11-5-8-3-1-2-4-12(8)17-14(11)18-13-9-6-16-7-10(9)13;/h1-5,9-10,13,16H,6-7H2,(H,17,18);1H/t9-,10+,13?;. The van der Waals surface area contributed by atoms with Crippen LogP contribution in [0, 0.1) is 11.8 Å². The smallest absolute Gasteiger partial charge is 0.145 e. The number of benzene rings is 1. The highest BCUT2D eigenvalue weighted by molar-refractivity contribution is 6.33. The molecule has 100 valence electrons. The van der Waals surface area contributed by atoms with Crippen LogP contribution < -0.4 is 10.6 Å². The maximum absolute atomic E-state index is 6.29. The van der Waals surface area contributed by atoms with Crippen molar-refractivity contribution >= 4 is 40.7 Å². The molecule has 1 unspecified atom stereocenters. The van der Waals surface area contributed by atoms with Gasteiger partial charge in [-0.05, 0) is 24.0 Å². The van der Waals surface area contributed by atoms with Gasteiger partial charge in [-0.3, -0.25) is 0 Å². The lowest BCUT2D eigenvalue weighted by atomic mass is 10.2. The lowest BCUT2D eigenvalue weighted by Crippen LogP contribution is -2.21. The number of nitrogens with zero attached hydrogens (tertiary/aromatic N) is 1. The van der Waals surface area contributed by atoms with Crippen LogP contribution in [0.2, 0.25) is 5.02 Å². The molecule has 4 rings (SSSR count). The van der Waals surface area contributed by atoms with E-state index < -0.39 is 0 Å². The molecule has 0 radical (unpaired) electrons. The maximum Gasteiger partial charge on any atom is 0.145 e. The molecule has 0 spiro atoms. The van der Waals surface area contributed by atoms with Gasteiger partial charge in [0.05, 0.1) is 10.5 Å². The van der Waals surface area contributed by atoms with E-state index in [1.54, 1.807) is 0 Å². The minimum atomic E-state index is 0. The lowest BCUT2D eigenvalue weighted by molar-refractivity contribution is 0.696. The Kier molecular flexibility index (Phi) is 3.29. The zero-order chi connectivity index (χ0) is 12.1. The zero-order valence-electron chi connectivity index (χ0n) is 10.3. The summed E-state index contributed by atoms with van der Waals surface area (Å²) in [5.41, 5.74) is 0.994. The average molecular weight is 296 g/mol. The molecule has 1 saturated carbocycles. The number of hydrogen-bond donors (Lipinski definition) is 2. The highest BCUT2D eigenvalue weighted by Gasteiger charge is 2.53. The number of anilines is 1. The van der Waals surface area contributed by atoms with Gasteiger partial charge < -0.3 is 10.6 Å². The monoisotopic (exact) mass is 295 g/mol. The summed E-state index contributed by atoms with van der Waals surface area (Å²) in [5.74, 6) is 2.35. The fraction of sp³-hybridized carbons (Fsp3) is 0.357. The number of fused-ring (bicyclic) bond motifs is 2. The van der Waals surface area contributed by atoms with Gasteiger partial charge in [0.25, 0.3) is 0 Å². The highest BCUT2D eigenvalue weighted by atomic mass is 35.5. The summed E-state index contributed by atoms with van der Waals surface area (Å²) in [5, 5.41) is 8.69. The van der Waals surface area contributed by atoms with Gasteiger partial charge in [0.2, 0.25) is 0 Å². The molecule has 1 aromatic heterocycles. The van der Waals surface area contributed by atoms with Gasteiger partial charge in [-0.25, -0.2) is 4.98 Å². The quantitative estimate of drug-likeness (QED) is 0.894. The molecule has 1 aromatic carbocycles. The Labute approximate surface area is 123 Å². The summed E-state index contributed by atoms with van der Waals surface area (Å²) in [4.78, 5) is 4.62. The van der Waals surface area contributed by atoms with Gasteiger partial charge in [-0.15, -0.1) is 12.4 Å². The van der Waals surface area contributed by atoms with Crippen molar-refractivity contribution in [2.24, 2.45) is 11.8 Å². The van der Waals surface area contributed by atoms with Gasteiger partial charge in [0.15, 0.2) is 0 Å². The second kappa shape index (κ2) is 4.82. The Bertz CT molecular complexity index is 607.